The molecule has 1 aliphatic heterocycles. The van der Waals surface area contributed by atoms with Crippen LogP contribution in [0.1, 0.15) is 77.7 Å². The van der Waals surface area contributed by atoms with Crippen LogP contribution in [0.25, 0.3) is 0 Å². The molecule has 6 amide bonds. The molecule has 0 radical (unpaired) electrons. The molecule has 13 heteroatoms. The Hall–Kier alpha value is -4.03. The second-order valence-electron chi connectivity index (χ2n) is 15.3. The molecule has 3 fully saturated rings. The number of rotatable bonds is 12. The van der Waals surface area contributed by atoms with E-state index in [1.54, 1.807) is 31.4 Å². The second kappa shape index (κ2) is 13.4. The standard InChI is InChI=1S/C33H49N7O6/c1-32(2,3)23(17-39(7)29(44)21-10-8-9-13-35-21)37-31(46)38-26(33(4,5)6)30(45)40-16-19-15-20(19)24(40)28(43)36-22(14-18-11-12-18)25(41)27(34)42/h8-10,13,18-20,22-24,26H,11-12,14-17H2,1-7H3,(H2,34,42)(H,36,43)(H2,37,38,46)/t19-,20-,22?,23+,24-,26+/m0/s1. The molecule has 5 N–H and O–H groups in total. The maximum absolute atomic E-state index is 14.1. The fourth-order valence-electron chi connectivity index (χ4n) is 6.10. The number of hydrogen-bond donors (Lipinski definition) is 4. The summed E-state index contributed by atoms with van der Waals surface area (Å²) < 4.78 is 0. The lowest BCUT2D eigenvalue weighted by atomic mass is 9.85. The predicted octanol–water partition coefficient (Wildman–Crippen LogP) is 1.47. The Labute approximate surface area is 270 Å². The summed E-state index contributed by atoms with van der Waals surface area (Å²) in [5, 5.41) is 8.57. The molecule has 1 aromatic rings. The Morgan fingerprint density at radius 2 is 1.67 bits per heavy atom. The highest BCUT2D eigenvalue weighted by Crippen LogP contribution is 2.50. The van der Waals surface area contributed by atoms with E-state index in [-0.39, 0.29) is 30.2 Å². The van der Waals surface area contributed by atoms with Crippen LogP contribution >= 0.6 is 0 Å². The summed E-state index contributed by atoms with van der Waals surface area (Å²) >= 11 is 0. The highest BCUT2D eigenvalue weighted by Gasteiger charge is 2.58. The van der Waals surface area contributed by atoms with Gasteiger partial charge in [0.2, 0.25) is 17.6 Å². The normalized spacial score (nSPS) is 22.5. The minimum absolute atomic E-state index is 0.0545. The zero-order valence-electron chi connectivity index (χ0n) is 28.0. The number of fused-ring (bicyclic) bond motifs is 1. The van der Waals surface area contributed by atoms with Crippen LogP contribution in [0.5, 0.6) is 0 Å². The van der Waals surface area contributed by atoms with Crippen molar-refractivity contribution in [3.63, 3.8) is 0 Å². The van der Waals surface area contributed by atoms with Crippen LogP contribution in [-0.4, -0.2) is 94.5 Å². The fourth-order valence-corrected chi connectivity index (χ4v) is 6.10. The minimum Gasteiger partial charge on any atom is -0.363 e. The van der Waals surface area contributed by atoms with E-state index in [9.17, 15) is 28.8 Å². The molecule has 2 aliphatic carbocycles. The van der Waals surface area contributed by atoms with E-state index in [4.69, 9.17) is 5.73 Å². The van der Waals surface area contributed by atoms with Crippen molar-refractivity contribution in [2.75, 3.05) is 20.1 Å². The van der Waals surface area contributed by atoms with Crippen molar-refractivity contribution in [3.05, 3.63) is 30.1 Å². The van der Waals surface area contributed by atoms with E-state index in [1.807, 2.05) is 41.5 Å². The number of likely N-dealkylation sites (N-methyl/N-ethyl adjacent to an activating group) is 1. The van der Waals surface area contributed by atoms with Gasteiger partial charge in [0, 0.05) is 26.3 Å². The number of hydrogen-bond acceptors (Lipinski definition) is 7. The monoisotopic (exact) mass is 639 g/mol. The number of nitrogens with zero attached hydrogens (tertiary/aromatic N) is 3. The zero-order chi connectivity index (χ0) is 34.1. The third-order valence-electron chi connectivity index (χ3n) is 9.27. The summed E-state index contributed by atoms with van der Waals surface area (Å²) in [6.07, 6.45) is 4.51. The molecule has 0 spiro atoms. The van der Waals surface area contributed by atoms with E-state index in [1.165, 1.54) is 9.80 Å². The Morgan fingerprint density at radius 3 is 2.22 bits per heavy atom. The van der Waals surface area contributed by atoms with Crippen molar-refractivity contribution in [1.82, 2.24) is 30.7 Å². The topological polar surface area (TPSA) is 184 Å². The fraction of sp³-hybridized carbons (Fsp3) is 0.667. The molecule has 2 saturated carbocycles. The molecule has 3 aliphatic rings. The Morgan fingerprint density at radius 1 is 1.00 bits per heavy atom. The molecular weight excluding hydrogens is 590 g/mol. The van der Waals surface area contributed by atoms with Crippen molar-refractivity contribution >= 4 is 35.4 Å². The van der Waals surface area contributed by atoms with Gasteiger partial charge in [0.25, 0.3) is 11.8 Å². The number of Topliss-reactive ketones (excluding diaryl/α,β-unsaturated/α-hetero) is 1. The van der Waals surface area contributed by atoms with Crippen molar-refractivity contribution in [3.8, 4) is 0 Å². The van der Waals surface area contributed by atoms with Gasteiger partial charge >= 0.3 is 6.03 Å². The smallest absolute Gasteiger partial charge is 0.315 e. The quantitative estimate of drug-likeness (QED) is 0.250. The minimum atomic E-state index is -1.10. The van der Waals surface area contributed by atoms with Crippen LogP contribution in [0, 0.1) is 28.6 Å². The number of carbonyl (C=O) groups excluding carboxylic acids is 6. The molecule has 252 valence electrons. The van der Waals surface area contributed by atoms with Crippen molar-refractivity contribution in [2.45, 2.75) is 91.4 Å². The van der Waals surface area contributed by atoms with Crippen LogP contribution in [-0.2, 0) is 19.2 Å². The number of pyridine rings is 1. The third kappa shape index (κ3) is 8.41. The molecule has 1 aromatic heterocycles. The maximum Gasteiger partial charge on any atom is 0.315 e. The van der Waals surface area contributed by atoms with Crippen LogP contribution in [0.4, 0.5) is 4.79 Å². The summed E-state index contributed by atoms with van der Waals surface area (Å²) in [6.45, 7) is 11.9. The van der Waals surface area contributed by atoms with E-state index in [2.05, 4.69) is 20.9 Å². The number of likely N-dealkylation sites (tertiary alicyclic amines) is 1. The molecule has 0 bridgehead atoms. The highest BCUT2D eigenvalue weighted by molar-refractivity contribution is 6.37. The molecule has 0 aromatic carbocycles. The first-order valence-corrected chi connectivity index (χ1v) is 16.1. The van der Waals surface area contributed by atoms with Gasteiger partial charge in [-0.3, -0.25) is 29.0 Å². The Bertz CT molecular complexity index is 1350. The number of carbonyl (C=O) groups is 6. The van der Waals surface area contributed by atoms with Gasteiger partial charge in [-0.05, 0) is 53.6 Å². The van der Waals surface area contributed by atoms with Crippen LogP contribution < -0.4 is 21.7 Å². The Balaban J connectivity index is 1.46. The van der Waals surface area contributed by atoms with Gasteiger partial charge in [-0.15, -0.1) is 0 Å². The van der Waals surface area contributed by atoms with Crippen LogP contribution in [0.3, 0.4) is 0 Å². The van der Waals surface area contributed by atoms with E-state index in [0.717, 1.165) is 19.3 Å². The van der Waals surface area contributed by atoms with Crippen molar-refractivity contribution < 1.29 is 28.8 Å². The van der Waals surface area contributed by atoms with E-state index < -0.39 is 64.5 Å². The summed E-state index contributed by atoms with van der Waals surface area (Å²) in [5.74, 6) is -2.75. The number of piperidine rings is 1. The van der Waals surface area contributed by atoms with E-state index >= 15 is 0 Å². The molecule has 1 saturated heterocycles. The van der Waals surface area contributed by atoms with Crippen molar-refractivity contribution in [2.24, 2.45) is 34.3 Å². The number of primary amides is 1. The van der Waals surface area contributed by atoms with E-state index in [0.29, 0.717) is 18.7 Å². The lowest BCUT2D eigenvalue weighted by molar-refractivity contribution is -0.144. The first kappa shape index (κ1) is 34.8. The largest absolute Gasteiger partial charge is 0.363 e. The maximum atomic E-state index is 14.1. The average molecular weight is 640 g/mol. The summed E-state index contributed by atoms with van der Waals surface area (Å²) in [7, 11) is 1.65. The van der Waals surface area contributed by atoms with Gasteiger partial charge in [0.05, 0.1) is 12.1 Å². The average Bonchev–Trinajstić information content (AvgIpc) is 3.91. The molecule has 6 atom stereocenters. The molecule has 2 heterocycles. The molecule has 1 unspecified atom stereocenters. The second-order valence-corrected chi connectivity index (χ2v) is 15.3. The number of nitrogens with two attached hydrogens (primary N) is 1. The third-order valence-corrected chi connectivity index (χ3v) is 9.27. The Kier molecular flexibility index (Phi) is 10.1. The predicted molar refractivity (Wildman–Crippen MR) is 170 cm³/mol. The van der Waals surface area contributed by atoms with Gasteiger partial charge in [-0.1, -0.05) is 60.5 Å². The SMILES string of the molecule is CN(C[C@@H](NC(=O)N[C@H](C(=O)N1C[C@@H]2C[C@@H]2[C@H]1C(=O)NC(CC1CC1)C(=O)C(N)=O)C(C)(C)C)C(C)(C)C)C(=O)c1ccccn1. The first-order valence-electron chi connectivity index (χ1n) is 16.1. The van der Waals surface area contributed by atoms with Gasteiger partial charge in [0.15, 0.2) is 0 Å². The molecule has 13 nitrogen and oxygen atoms in total. The lowest BCUT2D eigenvalue weighted by Gasteiger charge is -2.38. The highest BCUT2D eigenvalue weighted by atomic mass is 16.2. The number of urea groups is 1. The molecule has 46 heavy (non-hydrogen) atoms. The van der Waals surface area contributed by atoms with Crippen molar-refractivity contribution in [1.29, 1.82) is 0 Å². The van der Waals surface area contributed by atoms with Gasteiger partial charge in [0.1, 0.15) is 17.8 Å². The van der Waals surface area contributed by atoms with Crippen LogP contribution in [0.2, 0.25) is 0 Å². The number of ketones is 1. The summed E-state index contributed by atoms with van der Waals surface area (Å²) in [5.41, 5.74) is 4.39. The summed E-state index contributed by atoms with van der Waals surface area (Å²) in [6, 6.07) is 1.21. The van der Waals surface area contributed by atoms with Crippen LogP contribution in [0.15, 0.2) is 24.4 Å². The van der Waals surface area contributed by atoms with Gasteiger partial charge in [-0.25, -0.2) is 4.79 Å². The summed E-state index contributed by atoms with van der Waals surface area (Å²) in [4.78, 5) is 85.5. The number of amides is 6. The lowest BCUT2D eigenvalue weighted by Crippen LogP contribution is -2.62. The molecular formula is C33H49N7O6. The number of aromatic nitrogens is 1. The number of nitrogens with one attached hydrogen (secondary N) is 3. The zero-order valence-corrected chi connectivity index (χ0v) is 28.0. The van der Waals surface area contributed by atoms with Gasteiger partial charge < -0.3 is 31.5 Å². The first-order chi connectivity index (χ1) is 21.4. The molecule has 4 rings (SSSR count). The van der Waals surface area contributed by atoms with Gasteiger partial charge in [-0.2, -0.15) is 0 Å².